The lowest BCUT2D eigenvalue weighted by Crippen LogP contribution is -2.24. The molecule has 5 nitrogen and oxygen atoms in total. The van der Waals surface area contributed by atoms with Gasteiger partial charge in [0.05, 0.1) is 19.2 Å². The number of likely N-dealkylation sites (tertiary alicyclic amines) is 1. The van der Waals surface area contributed by atoms with E-state index in [-0.39, 0.29) is 5.97 Å². The maximum Gasteiger partial charge on any atom is 0.342 e. The predicted molar refractivity (Wildman–Crippen MR) is 95.3 cm³/mol. The van der Waals surface area contributed by atoms with Gasteiger partial charge in [0.25, 0.3) is 0 Å². The van der Waals surface area contributed by atoms with Crippen molar-refractivity contribution in [3.05, 3.63) is 59.6 Å². The van der Waals surface area contributed by atoms with Crippen LogP contribution in [-0.4, -0.2) is 29.0 Å². The summed E-state index contributed by atoms with van der Waals surface area (Å²) in [5.41, 5.74) is 2.51. The quantitative estimate of drug-likeness (QED) is 0.706. The Morgan fingerprint density at radius 2 is 2.20 bits per heavy atom. The summed E-state index contributed by atoms with van der Waals surface area (Å²) in [5, 5.41) is 0.826. The normalized spacial score (nSPS) is 18.0. The number of benzene rings is 1. The monoisotopic (exact) mass is 338 g/mol. The standard InChI is InChI=1S/C20H22N2O3/c1-2-24-20(23)19-14-7-3-4-10-17(14)25-18(19)13-22-12-6-9-16(22)15-8-5-11-21-15/h3-5,7-8,10-11,16,21H,2,6,9,12-13H2,1H3/t16-/m0/s1. The van der Waals surface area contributed by atoms with Crippen molar-refractivity contribution in [2.24, 2.45) is 0 Å². The van der Waals surface area contributed by atoms with E-state index in [2.05, 4.69) is 16.0 Å². The van der Waals surface area contributed by atoms with Crippen LogP contribution in [0.25, 0.3) is 11.0 Å². The van der Waals surface area contributed by atoms with Crippen molar-refractivity contribution >= 4 is 16.9 Å². The summed E-state index contributed by atoms with van der Waals surface area (Å²) in [7, 11) is 0. The molecule has 130 valence electrons. The number of nitrogens with one attached hydrogen (secondary N) is 1. The molecule has 1 atom stereocenters. The van der Waals surface area contributed by atoms with Gasteiger partial charge in [0.2, 0.25) is 0 Å². The molecule has 0 aliphatic carbocycles. The number of nitrogens with zero attached hydrogens (tertiary/aromatic N) is 1. The summed E-state index contributed by atoms with van der Waals surface area (Å²) in [6.45, 7) is 3.77. The van der Waals surface area contributed by atoms with Crippen LogP contribution in [0.2, 0.25) is 0 Å². The number of H-pyrrole nitrogens is 1. The van der Waals surface area contributed by atoms with Crippen LogP contribution in [0.1, 0.15) is 47.6 Å². The Morgan fingerprint density at radius 1 is 1.32 bits per heavy atom. The molecule has 1 N–H and O–H groups in total. The molecule has 1 aromatic carbocycles. The largest absolute Gasteiger partial charge is 0.462 e. The van der Waals surface area contributed by atoms with Crippen LogP contribution in [0.4, 0.5) is 0 Å². The Bertz CT molecular complexity index is 866. The highest BCUT2D eigenvalue weighted by molar-refractivity contribution is 6.04. The van der Waals surface area contributed by atoms with Crippen molar-refractivity contribution in [2.75, 3.05) is 13.2 Å². The fourth-order valence-electron chi connectivity index (χ4n) is 3.74. The number of rotatable bonds is 5. The number of hydrogen-bond donors (Lipinski definition) is 1. The second-order valence-electron chi connectivity index (χ2n) is 6.37. The van der Waals surface area contributed by atoms with E-state index >= 15 is 0 Å². The van der Waals surface area contributed by atoms with Gasteiger partial charge >= 0.3 is 5.97 Å². The molecule has 3 heterocycles. The first-order chi connectivity index (χ1) is 12.3. The highest BCUT2D eigenvalue weighted by Crippen LogP contribution is 2.35. The Morgan fingerprint density at radius 3 is 3.00 bits per heavy atom. The fraction of sp³-hybridized carbons (Fsp3) is 0.350. The van der Waals surface area contributed by atoms with Gasteiger partial charge in [0.15, 0.2) is 0 Å². The summed E-state index contributed by atoms with van der Waals surface area (Å²) in [6.07, 6.45) is 4.20. The molecule has 1 aliphatic heterocycles. The molecule has 3 aromatic rings. The number of esters is 1. The first-order valence-electron chi connectivity index (χ1n) is 8.82. The number of carbonyl (C=O) groups excluding carboxylic acids is 1. The highest BCUT2D eigenvalue weighted by Gasteiger charge is 2.30. The molecule has 0 spiro atoms. The molecule has 0 unspecified atom stereocenters. The molecule has 0 radical (unpaired) electrons. The Labute approximate surface area is 146 Å². The first kappa shape index (κ1) is 16.0. The molecule has 0 amide bonds. The molecule has 0 saturated carbocycles. The van der Waals surface area contributed by atoms with E-state index in [4.69, 9.17) is 9.15 Å². The molecule has 1 aliphatic rings. The zero-order chi connectivity index (χ0) is 17.2. The predicted octanol–water partition coefficient (Wildman–Crippen LogP) is 4.27. The lowest BCUT2D eigenvalue weighted by atomic mass is 10.1. The van der Waals surface area contributed by atoms with E-state index in [1.54, 1.807) is 0 Å². The van der Waals surface area contributed by atoms with Gasteiger partial charge in [-0.2, -0.15) is 0 Å². The van der Waals surface area contributed by atoms with Crippen LogP contribution < -0.4 is 0 Å². The number of hydrogen-bond acceptors (Lipinski definition) is 4. The van der Waals surface area contributed by atoms with Gasteiger partial charge in [-0.25, -0.2) is 4.79 Å². The molecule has 1 saturated heterocycles. The summed E-state index contributed by atoms with van der Waals surface area (Å²) in [5.74, 6) is 0.385. The molecule has 1 fully saturated rings. The number of para-hydroxylation sites is 1. The topological polar surface area (TPSA) is 58.5 Å². The number of carbonyl (C=O) groups is 1. The SMILES string of the molecule is CCOC(=O)c1c(CN2CCC[C@H]2c2ccc[nH]2)oc2ccccc12. The molecule has 2 aromatic heterocycles. The van der Waals surface area contributed by atoms with Crippen LogP contribution in [0, 0.1) is 0 Å². The van der Waals surface area contributed by atoms with E-state index in [0.29, 0.717) is 30.5 Å². The van der Waals surface area contributed by atoms with Gasteiger partial charge in [0, 0.05) is 17.3 Å². The number of fused-ring (bicyclic) bond motifs is 1. The van der Waals surface area contributed by atoms with E-state index in [9.17, 15) is 4.79 Å². The third kappa shape index (κ3) is 2.96. The first-order valence-corrected chi connectivity index (χ1v) is 8.82. The van der Waals surface area contributed by atoms with Gasteiger partial charge in [-0.3, -0.25) is 4.90 Å². The van der Waals surface area contributed by atoms with Crippen molar-refractivity contribution in [3.8, 4) is 0 Å². The average Bonchev–Trinajstić information content (AvgIpc) is 3.34. The maximum atomic E-state index is 12.5. The second-order valence-corrected chi connectivity index (χ2v) is 6.37. The van der Waals surface area contributed by atoms with E-state index in [1.807, 2.05) is 43.5 Å². The van der Waals surface area contributed by atoms with Crippen molar-refractivity contribution in [3.63, 3.8) is 0 Å². The molecule has 25 heavy (non-hydrogen) atoms. The Kier molecular flexibility index (Phi) is 4.32. The average molecular weight is 338 g/mol. The maximum absolute atomic E-state index is 12.5. The zero-order valence-corrected chi connectivity index (χ0v) is 14.3. The fourth-order valence-corrected chi connectivity index (χ4v) is 3.74. The molecule has 5 heteroatoms. The molecular formula is C20H22N2O3. The molecule has 0 bridgehead atoms. The highest BCUT2D eigenvalue weighted by atomic mass is 16.5. The van der Waals surface area contributed by atoms with Crippen molar-refractivity contribution < 1.29 is 13.9 Å². The number of aromatic nitrogens is 1. The smallest absolute Gasteiger partial charge is 0.342 e. The van der Waals surface area contributed by atoms with Crippen LogP contribution in [0.3, 0.4) is 0 Å². The summed E-state index contributed by atoms with van der Waals surface area (Å²) in [4.78, 5) is 18.2. The number of aromatic amines is 1. The number of ether oxygens (including phenoxy) is 1. The third-order valence-electron chi connectivity index (χ3n) is 4.84. The molecule has 4 rings (SSSR count). The Balaban J connectivity index is 1.69. The van der Waals surface area contributed by atoms with Crippen molar-refractivity contribution in [1.29, 1.82) is 0 Å². The second kappa shape index (κ2) is 6.76. The minimum Gasteiger partial charge on any atom is -0.462 e. The lowest BCUT2D eigenvalue weighted by Gasteiger charge is -2.23. The minimum atomic E-state index is -0.307. The van der Waals surface area contributed by atoms with Gasteiger partial charge in [0.1, 0.15) is 16.9 Å². The van der Waals surface area contributed by atoms with E-state index < -0.39 is 0 Å². The Hall–Kier alpha value is -2.53. The van der Waals surface area contributed by atoms with Crippen LogP contribution in [0.15, 0.2) is 47.0 Å². The van der Waals surface area contributed by atoms with E-state index in [1.165, 1.54) is 5.69 Å². The van der Waals surface area contributed by atoms with Crippen molar-refractivity contribution in [1.82, 2.24) is 9.88 Å². The van der Waals surface area contributed by atoms with Gasteiger partial charge in [-0.15, -0.1) is 0 Å². The summed E-state index contributed by atoms with van der Waals surface area (Å²) < 4.78 is 11.3. The van der Waals surface area contributed by atoms with Gasteiger partial charge in [-0.1, -0.05) is 18.2 Å². The van der Waals surface area contributed by atoms with Gasteiger partial charge in [-0.05, 0) is 44.5 Å². The van der Waals surface area contributed by atoms with Crippen LogP contribution in [-0.2, 0) is 11.3 Å². The zero-order valence-electron chi connectivity index (χ0n) is 14.3. The molecular weight excluding hydrogens is 316 g/mol. The number of furan rings is 1. The van der Waals surface area contributed by atoms with E-state index in [0.717, 1.165) is 30.4 Å². The minimum absolute atomic E-state index is 0.307. The van der Waals surface area contributed by atoms with Crippen molar-refractivity contribution in [2.45, 2.75) is 32.4 Å². The van der Waals surface area contributed by atoms with Crippen LogP contribution >= 0.6 is 0 Å². The lowest BCUT2D eigenvalue weighted by molar-refractivity contribution is 0.0523. The third-order valence-corrected chi connectivity index (χ3v) is 4.84. The summed E-state index contributed by atoms with van der Waals surface area (Å²) >= 11 is 0. The van der Waals surface area contributed by atoms with Gasteiger partial charge < -0.3 is 14.1 Å². The summed E-state index contributed by atoms with van der Waals surface area (Å²) in [6, 6.07) is 12.1. The van der Waals surface area contributed by atoms with Crippen LogP contribution in [0.5, 0.6) is 0 Å².